The molecular formula is C15H20N4O. The average molecular weight is 272 g/mol. The van der Waals surface area contributed by atoms with Crippen LogP contribution >= 0.6 is 0 Å². The van der Waals surface area contributed by atoms with Gasteiger partial charge in [-0.05, 0) is 31.9 Å². The Bertz CT molecular complexity index is 598. The highest BCUT2D eigenvalue weighted by molar-refractivity contribution is 5.37. The van der Waals surface area contributed by atoms with Crippen molar-refractivity contribution in [3.63, 3.8) is 0 Å². The molecule has 0 fully saturated rings. The van der Waals surface area contributed by atoms with E-state index in [4.69, 9.17) is 10.5 Å². The van der Waals surface area contributed by atoms with E-state index in [1.54, 1.807) is 6.07 Å². The summed E-state index contributed by atoms with van der Waals surface area (Å²) in [7, 11) is 0. The Morgan fingerprint density at radius 1 is 1.15 bits per heavy atom. The zero-order valence-electron chi connectivity index (χ0n) is 12.2. The molecule has 0 unspecified atom stereocenters. The minimum atomic E-state index is 0.427. The molecule has 0 saturated carbocycles. The lowest BCUT2D eigenvalue weighted by Gasteiger charge is -2.10. The summed E-state index contributed by atoms with van der Waals surface area (Å²) in [6.45, 7) is 6.09. The SMILES string of the molecule is CCCc1nc(N)cc(Oc2ccc(C)nc2CC)n1. The fraction of sp³-hybridized carbons (Fsp3) is 0.400. The van der Waals surface area contributed by atoms with Gasteiger partial charge in [-0.25, -0.2) is 4.98 Å². The molecule has 2 N–H and O–H groups in total. The lowest BCUT2D eigenvalue weighted by atomic mass is 10.2. The molecule has 2 heterocycles. The first kappa shape index (κ1) is 14.2. The second-order valence-corrected chi connectivity index (χ2v) is 4.65. The number of pyridine rings is 1. The molecule has 0 spiro atoms. The summed E-state index contributed by atoms with van der Waals surface area (Å²) >= 11 is 0. The molecule has 2 aromatic rings. The maximum atomic E-state index is 5.83. The standard InChI is InChI=1S/C15H20N4O/c1-4-6-14-18-13(16)9-15(19-14)20-12-8-7-10(3)17-11(12)5-2/h7-9H,4-6H2,1-3H3,(H2,16,18,19). The second kappa shape index (κ2) is 6.32. The van der Waals surface area contributed by atoms with Crippen molar-refractivity contribution in [2.24, 2.45) is 0 Å². The number of aromatic nitrogens is 3. The molecule has 106 valence electrons. The van der Waals surface area contributed by atoms with E-state index in [1.807, 2.05) is 26.0 Å². The molecule has 0 amide bonds. The van der Waals surface area contributed by atoms with E-state index in [-0.39, 0.29) is 0 Å². The molecule has 5 heteroatoms. The number of rotatable bonds is 5. The molecule has 20 heavy (non-hydrogen) atoms. The predicted molar refractivity (Wildman–Crippen MR) is 78.9 cm³/mol. The average Bonchev–Trinajstić information content (AvgIpc) is 2.40. The number of ether oxygens (including phenoxy) is 1. The van der Waals surface area contributed by atoms with Crippen molar-refractivity contribution >= 4 is 5.82 Å². The van der Waals surface area contributed by atoms with Crippen LogP contribution in [0.15, 0.2) is 18.2 Å². The van der Waals surface area contributed by atoms with Crippen molar-refractivity contribution in [1.29, 1.82) is 0 Å². The molecule has 5 nitrogen and oxygen atoms in total. The van der Waals surface area contributed by atoms with E-state index in [9.17, 15) is 0 Å². The number of anilines is 1. The number of nitrogen functional groups attached to an aromatic ring is 1. The summed E-state index contributed by atoms with van der Waals surface area (Å²) in [5.74, 6) is 2.33. The van der Waals surface area contributed by atoms with Crippen molar-refractivity contribution < 1.29 is 4.74 Å². The van der Waals surface area contributed by atoms with Crippen molar-refractivity contribution in [3.05, 3.63) is 35.4 Å². The van der Waals surface area contributed by atoms with Crippen LogP contribution in [-0.4, -0.2) is 15.0 Å². The molecule has 0 atom stereocenters. The number of aryl methyl sites for hydroxylation is 3. The maximum absolute atomic E-state index is 5.83. The van der Waals surface area contributed by atoms with E-state index in [2.05, 4.69) is 21.9 Å². The first-order valence-corrected chi connectivity index (χ1v) is 6.90. The van der Waals surface area contributed by atoms with Crippen molar-refractivity contribution in [2.45, 2.75) is 40.0 Å². The summed E-state index contributed by atoms with van der Waals surface area (Å²) in [6.07, 6.45) is 2.56. The normalized spacial score (nSPS) is 10.6. The van der Waals surface area contributed by atoms with Crippen LogP contribution in [0.1, 0.15) is 37.5 Å². The van der Waals surface area contributed by atoms with Crippen LogP contribution in [0.4, 0.5) is 5.82 Å². The quantitative estimate of drug-likeness (QED) is 0.905. The van der Waals surface area contributed by atoms with Crippen LogP contribution in [0.2, 0.25) is 0 Å². The fourth-order valence-electron chi connectivity index (χ4n) is 1.94. The molecule has 2 aromatic heterocycles. The molecule has 2 rings (SSSR count). The highest BCUT2D eigenvalue weighted by Crippen LogP contribution is 2.24. The van der Waals surface area contributed by atoms with Gasteiger partial charge in [0.1, 0.15) is 11.6 Å². The molecule has 0 bridgehead atoms. The fourth-order valence-corrected chi connectivity index (χ4v) is 1.94. The zero-order valence-corrected chi connectivity index (χ0v) is 12.2. The van der Waals surface area contributed by atoms with Crippen LogP contribution < -0.4 is 10.5 Å². The Morgan fingerprint density at radius 3 is 2.65 bits per heavy atom. The van der Waals surface area contributed by atoms with Gasteiger partial charge < -0.3 is 10.5 Å². The molecule has 0 aliphatic heterocycles. The van der Waals surface area contributed by atoms with E-state index in [0.717, 1.165) is 36.4 Å². The van der Waals surface area contributed by atoms with Gasteiger partial charge in [-0.1, -0.05) is 13.8 Å². The molecular weight excluding hydrogens is 252 g/mol. The lowest BCUT2D eigenvalue weighted by Crippen LogP contribution is -2.02. The van der Waals surface area contributed by atoms with Gasteiger partial charge in [0.15, 0.2) is 5.75 Å². The Balaban J connectivity index is 2.29. The number of hydrogen-bond donors (Lipinski definition) is 1. The largest absolute Gasteiger partial charge is 0.437 e. The minimum Gasteiger partial charge on any atom is -0.437 e. The van der Waals surface area contributed by atoms with E-state index in [0.29, 0.717) is 17.5 Å². The van der Waals surface area contributed by atoms with Gasteiger partial charge in [-0.2, -0.15) is 4.98 Å². The molecule has 0 aliphatic carbocycles. The number of nitrogens with two attached hydrogens (primary N) is 1. The monoisotopic (exact) mass is 272 g/mol. The van der Waals surface area contributed by atoms with Gasteiger partial charge >= 0.3 is 0 Å². The summed E-state index contributed by atoms with van der Waals surface area (Å²) in [5.41, 5.74) is 7.68. The second-order valence-electron chi connectivity index (χ2n) is 4.65. The van der Waals surface area contributed by atoms with Gasteiger partial charge in [-0.15, -0.1) is 0 Å². The Hall–Kier alpha value is -2.17. The smallest absolute Gasteiger partial charge is 0.224 e. The molecule has 0 saturated heterocycles. The summed E-state index contributed by atoms with van der Waals surface area (Å²) in [5, 5.41) is 0. The third-order valence-corrected chi connectivity index (χ3v) is 2.86. The zero-order chi connectivity index (χ0) is 14.5. The van der Waals surface area contributed by atoms with Crippen molar-refractivity contribution in [1.82, 2.24) is 15.0 Å². The van der Waals surface area contributed by atoms with Gasteiger partial charge in [0.25, 0.3) is 0 Å². The third kappa shape index (κ3) is 3.44. The van der Waals surface area contributed by atoms with Gasteiger partial charge in [0.05, 0.1) is 5.69 Å². The number of nitrogens with zero attached hydrogens (tertiary/aromatic N) is 3. The Labute approximate surface area is 119 Å². The molecule has 0 aromatic carbocycles. The maximum Gasteiger partial charge on any atom is 0.224 e. The van der Waals surface area contributed by atoms with Crippen LogP contribution in [0, 0.1) is 6.92 Å². The van der Waals surface area contributed by atoms with Crippen LogP contribution in [-0.2, 0) is 12.8 Å². The van der Waals surface area contributed by atoms with Crippen LogP contribution in [0.5, 0.6) is 11.6 Å². The van der Waals surface area contributed by atoms with Crippen LogP contribution in [0.25, 0.3) is 0 Å². The van der Waals surface area contributed by atoms with E-state index in [1.165, 1.54) is 0 Å². The highest BCUT2D eigenvalue weighted by Gasteiger charge is 2.08. The first-order chi connectivity index (χ1) is 9.62. The lowest BCUT2D eigenvalue weighted by molar-refractivity contribution is 0.450. The summed E-state index contributed by atoms with van der Waals surface area (Å²) in [4.78, 5) is 13.0. The van der Waals surface area contributed by atoms with Gasteiger partial charge in [0, 0.05) is 18.2 Å². The minimum absolute atomic E-state index is 0.427. The predicted octanol–water partition coefficient (Wildman–Crippen LogP) is 3.07. The van der Waals surface area contributed by atoms with Crippen molar-refractivity contribution in [3.8, 4) is 11.6 Å². The van der Waals surface area contributed by atoms with Gasteiger partial charge in [-0.3, -0.25) is 4.98 Å². The third-order valence-electron chi connectivity index (χ3n) is 2.86. The molecule has 0 radical (unpaired) electrons. The van der Waals surface area contributed by atoms with E-state index < -0.39 is 0 Å². The first-order valence-electron chi connectivity index (χ1n) is 6.90. The van der Waals surface area contributed by atoms with Crippen molar-refractivity contribution in [2.75, 3.05) is 5.73 Å². The Morgan fingerprint density at radius 2 is 1.95 bits per heavy atom. The highest BCUT2D eigenvalue weighted by atomic mass is 16.5. The van der Waals surface area contributed by atoms with E-state index >= 15 is 0 Å². The number of hydrogen-bond acceptors (Lipinski definition) is 5. The van der Waals surface area contributed by atoms with Gasteiger partial charge in [0.2, 0.25) is 5.88 Å². The Kier molecular flexibility index (Phi) is 4.50. The topological polar surface area (TPSA) is 73.9 Å². The summed E-state index contributed by atoms with van der Waals surface area (Å²) in [6, 6.07) is 5.48. The molecule has 0 aliphatic rings. The summed E-state index contributed by atoms with van der Waals surface area (Å²) < 4.78 is 5.83. The van der Waals surface area contributed by atoms with Crippen LogP contribution in [0.3, 0.4) is 0 Å².